The van der Waals surface area contributed by atoms with Crippen molar-refractivity contribution in [3.8, 4) is 0 Å². The van der Waals surface area contributed by atoms with Gasteiger partial charge in [-0.15, -0.1) is 0 Å². The maximum absolute atomic E-state index is 12.0. The van der Waals surface area contributed by atoms with Crippen molar-refractivity contribution in [3.63, 3.8) is 0 Å². The monoisotopic (exact) mass is 194 g/mol. The second-order valence-corrected chi connectivity index (χ2v) is 3.20. The van der Waals surface area contributed by atoms with Crippen LogP contribution in [-0.4, -0.2) is 30.7 Å². The molecule has 0 aromatic carbocycles. The number of aliphatic carboxylic acids is 1. The Morgan fingerprint density at radius 3 is 2.85 bits per heavy atom. The van der Waals surface area contributed by atoms with E-state index in [1.807, 2.05) is 0 Å². The van der Waals surface area contributed by atoms with Crippen LogP contribution in [0.15, 0.2) is 0 Å². The fraction of sp³-hybridized carbons (Fsp3) is 0.875. The molecule has 0 radical (unpaired) electrons. The smallest absolute Gasteiger partial charge is 0.306 e. The van der Waals surface area contributed by atoms with Crippen molar-refractivity contribution in [2.75, 3.05) is 13.2 Å². The minimum absolute atomic E-state index is 0.140. The molecule has 0 spiro atoms. The molecule has 0 bridgehead atoms. The van der Waals surface area contributed by atoms with Gasteiger partial charge in [0.2, 0.25) is 6.43 Å². The maximum atomic E-state index is 12.0. The molecule has 0 saturated carbocycles. The molecule has 76 valence electrons. The normalized spacial score (nSPS) is 29.2. The molecule has 0 amide bonds. The molecule has 1 fully saturated rings. The van der Waals surface area contributed by atoms with Gasteiger partial charge in [-0.2, -0.15) is 0 Å². The van der Waals surface area contributed by atoms with E-state index >= 15 is 0 Å². The van der Waals surface area contributed by atoms with E-state index in [0.29, 0.717) is 13.0 Å². The number of carboxylic acid groups (broad SMARTS) is 1. The van der Waals surface area contributed by atoms with Gasteiger partial charge in [-0.25, -0.2) is 8.78 Å². The summed E-state index contributed by atoms with van der Waals surface area (Å²) in [4.78, 5) is 10.6. The molecule has 1 N–H and O–H groups in total. The third kappa shape index (κ3) is 2.91. The molecule has 0 aromatic heterocycles. The van der Waals surface area contributed by atoms with Gasteiger partial charge in [-0.05, 0) is 6.42 Å². The molecule has 3 nitrogen and oxygen atoms in total. The minimum atomic E-state index is -2.45. The molecule has 5 heteroatoms. The van der Waals surface area contributed by atoms with Crippen molar-refractivity contribution in [1.82, 2.24) is 0 Å². The highest BCUT2D eigenvalue weighted by molar-refractivity contribution is 5.70. The van der Waals surface area contributed by atoms with E-state index in [0.717, 1.165) is 0 Å². The zero-order valence-electron chi connectivity index (χ0n) is 7.08. The zero-order valence-corrected chi connectivity index (χ0v) is 7.08. The topological polar surface area (TPSA) is 46.5 Å². The van der Waals surface area contributed by atoms with Gasteiger partial charge in [-0.3, -0.25) is 4.79 Å². The second kappa shape index (κ2) is 4.50. The average Bonchev–Trinajstić information content (AvgIpc) is 2.03. The summed E-state index contributed by atoms with van der Waals surface area (Å²) in [5, 5.41) is 8.72. The van der Waals surface area contributed by atoms with Crippen molar-refractivity contribution in [3.05, 3.63) is 0 Å². The predicted octanol–water partition coefficient (Wildman–Crippen LogP) is 1.38. The lowest BCUT2D eigenvalue weighted by Crippen LogP contribution is -2.34. The second-order valence-electron chi connectivity index (χ2n) is 3.20. The number of carboxylic acids is 1. The third-order valence-corrected chi connectivity index (χ3v) is 2.27. The summed E-state index contributed by atoms with van der Waals surface area (Å²) in [6.45, 7) is 0.498. The number of rotatable bonds is 3. The predicted molar refractivity (Wildman–Crippen MR) is 40.7 cm³/mol. The SMILES string of the molecule is O=C(O)C1CCOCC1CC(F)F. The highest BCUT2D eigenvalue weighted by atomic mass is 19.3. The van der Waals surface area contributed by atoms with E-state index in [9.17, 15) is 13.6 Å². The van der Waals surface area contributed by atoms with Crippen LogP contribution in [0.1, 0.15) is 12.8 Å². The average molecular weight is 194 g/mol. The van der Waals surface area contributed by atoms with Gasteiger partial charge in [0.1, 0.15) is 0 Å². The van der Waals surface area contributed by atoms with Crippen LogP contribution in [0, 0.1) is 11.8 Å². The Bertz CT molecular complexity index is 184. The summed E-state index contributed by atoms with van der Waals surface area (Å²) in [7, 11) is 0. The first-order valence-electron chi connectivity index (χ1n) is 4.20. The Morgan fingerprint density at radius 2 is 2.31 bits per heavy atom. The molecule has 13 heavy (non-hydrogen) atoms. The molecule has 2 unspecified atom stereocenters. The van der Waals surface area contributed by atoms with Crippen LogP contribution in [0.5, 0.6) is 0 Å². The third-order valence-electron chi connectivity index (χ3n) is 2.27. The first-order valence-corrected chi connectivity index (χ1v) is 4.20. The van der Waals surface area contributed by atoms with Crippen LogP contribution in [-0.2, 0) is 9.53 Å². The van der Waals surface area contributed by atoms with E-state index in [-0.39, 0.29) is 13.0 Å². The van der Waals surface area contributed by atoms with E-state index in [1.165, 1.54) is 0 Å². The van der Waals surface area contributed by atoms with Crippen LogP contribution < -0.4 is 0 Å². The Morgan fingerprint density at radius 1 is 1.62 bits per heavy atom. The van der Waals surface area contributed by atoms with Crippen molar-refractivity contribution < 1.29 is 23.4 Å². The van der Waals surface area contributed by atoms with Crippen molar-refractivity contribution >= 4 is 5.97 Å². The van der Waals surface area contributed by atoms with Gasteiger partial charge in [0.15, 0.2) is 0 Å². The van der Waals surface area contributed by atoms with E-state index in [2.05, 4.69) is 0 Å². The fourth-order valence-corrected chi connectivity index (χ4v) is 1.58. The molecule has 1 aliphatic heterocycles. The van der Waals surface area contributed by atoms with Gasteiger partial charge >= 0.3 is 5.97 Å². The molecule has 1 saturated heterocycles. The van der Waals surface area contributed by atoms with E-state index < -0.39 is 24.2 Å². The highest BCUT2D eigenvalue weighted by Crippen LogP contribution is 2.27. The summed E-state index contributed by atoms with van der Waals surface area (Å²) < 4.78 is 29.0. The van der Waals surface area contributed by atoms with Gasteiger partial charge in [0.05, 0.1) is 12.5 Å². The van der Waals surface area contributed by atoms with Crippen molar-refractivity contribution in [2.45, 2.75) is 19.3 Å². The molecule has 1 heterocycles. The molecule has 1 aliphatic rings. The first kappa shape index (κ1) is 10.4. The standard InChI is InChI=1S/C8H12F2O3/c9-7(10)3-5-4-13-2-1-6(5)8(11)12/h5-7H,1-4H2,(H,11,12). The molecule has 1 rings (SSSR count). The quantitative estimate of drug-likeness (QED) is 0.738. The summed E-state index contributed by atoms with van der Waals surface area (Å²) in [5.41, 5.74) is 0. The van der Waals surface area contributed by atoms with E-state index in [1.54, 1.807) is 0 Å². The zero-order chi connectivity index (χ0) is 9.84. The van der Waals surface area contributed by atoms with Crippen LogP contribution in [0.25, 0.3) is 0 Å². The first-order chi connectivity index (χ1) is 6.11. The lowest BCUT2D eigenvalue weighted by Gasteiger charge is -2.28. The van der Waals surface area contributed by atoms with E-state index in [4.69, 9.17) is 9.84 Å². The highest BCUT2D eigenvalue weighted by Gasteiger charge is 2.33. The molecule has 2 atom stereocenters. The minimum Gasteiger partial charge on any atom is -0.481 e. The lowest BCUT2D eigenvalue weighted by molar-refractivity contribution is -0.149. The Balaban J connectivity index is 2.51. The lowest BCUT2D eigenvalue weighted by atomic mass is 9.86. The summed E-state index contributed by atoms with van der Waals surface area (Å²) in [6, 6.07) is 0. The Labute approximate surface area is 74.7 Å². The van der Waals surface area contributed by atoms with Gasteiger partial charge in [0, 0.05) is 18.9 Å². The number of halogens is 2. The van der Waals surface area contributed by atoms with Crippen molar-refractivity contribution in [2.24, 2.45) is 11.8 Å². The Kier molecular flexibility index (Phi) is 3.59. The van der Waals surface area contributed by atoms with Crippen LogP contribution in [0.3, 0.4) is 0 Å². The van der Waals surface area contributed by atoms with Crippen LogP contribution in [0.4, 0.5) is 8.78 Å². The number of ether oxygens (including phenoxy) is 1. The fourth-order valence-electron chi connectivity index (χ4n) is 1.58. The van der Waals surface area contributed by atoms with Crippen LogP contribution in [0.2, 0.25) is 0 Å². The number of alkyl halides is 2. The van der Waals surface area contributed by atoms with Crippen molar-refractivity contribution in [1.29, 1.82) is 0 Å². The Hall–Kier alpha value is -0.710. The van der Waals surface area contributed by atoms with Gasteiger partial charge < -0.3 is 9.84 Å². The number of hydrogen-bond acceptors (Lipinski definition) is 2. The number of carbonyl (C=O) groups is 1. The number of hydrogen-bond donors (Lipinski definition) is 1. The summed E-state index contributed by atoms with van der Waals surface area (Å²) >= 11 is 0. The van der Waals surface area contributed by atoms with Crippen LogP contribution >= 0.6 is 0 Å². The molecular formula is C8H12F2O3. The largest absolute Gasteiger partial charge is 0.481 e. The summed E-state index contributed by atoms with van der Waals surface area (Å²) in [5.74, 6) is -2.19. The van der Waals surface area contributed by atoms with Gasteiger partial charge in [-0.1, -0.05) is 0 Å². The summed E-state index contributed by atoms with van der Waals surface area (Å²) in [6.07, 6.45) is -2.49. The van der Waals surface area contributed by atoms with Gasteiger partial charge in [0.25, 0.3) is 0 Å². The molecular weight excluding hydrogens is 182 g/mol. The molecule has 0 aromatic rings. The maximum Gasteiger partial charge on any atom is 0.306 e. The molecule has 0 aliphatic carbocycles.